The van der Waals surface area contributed by atoms with E-state index in [-0.39, 0.29) is 5.69 Å². The van der Waals surface area contributed by atoms with E-state index in [4.69, 9.17) is 14.9 Å². The Labute approximate surface area is 186 Å². The number of rotatable bonds is 6. The fraction of sp³-hybridized carbons (Fsp3) is 0.292. The van der Waals surface area contributed by atoms with Crippen molar-refractivity contribution in [3.8, 4) is 17.1 Å². The molecule has 1 atom stereocenters. The van der Waals surface area contributed by atoms with E-state index in [0.717, 1.165) is 25.1 Å². The van der Waals surface area contributed by atoms with Gasteiger partial charge >= 0.3 is 0 Å². The van der Waals surface area contributed by atoms with Crippen molar-refractivity contribution in [2.24, 2.45) is 5.73 Å². The average Bonchev–Trinajstić information content (AvgIpc) is 3.29. The van der Waals surface area contributed by atoms with Gasteiger partial charge in [0.25, 0.3) is 11.8 Å². The molecule has 3 aromatic rings. The molecule has 3 N–H and O–H groups in total. The van der Waals surface area contributed by atoms with Gasteiger partial charge in [-0.15, -0.1) is 0 Å². The Balaban J connectivity index is 1.62. The Hall–Kier alpha value is -3.81. The van der Waals surface area contributed by atoms with Gasteiger partial charge in [0, 0.05) is 24.0 Å². The van der Waals surface area contributed by atoms with Crippen LogP contribution in [0.5, 0.6) is 5.75 Å². The Morgan fingerprint density at radius 3 is 2.78 bits per heavy atom. The molecule has 1 unspecified atom stereocenters. The summed E-state index contributed by atoms with van der Waals surface area (Å²) in [5.74, 6) is -0.137. The minimum Gasteiger partial charge on any atom is -0.496 e. The van der Waals surface area contributed by atoms with E-state index in [1.807, 2.05) is 18.2 Å². The van der Waals surface area contributed by atoms with Gasteiger partial charge in [0.1, 0.15) is 5.75 Å². The number of hydrogen-bond acceptors (Lipinski definition) is 6. The largest absolute Gasteiger partial charge is 0.496 e. The Bertz CT molecular complexity index is 1140. The second kappa shape index (κ2) is 9.13. The summed E-state index contributed by atoms with van der Waals surface area (Å²) >= 11 is 0. The normalized spacial score (nSPS) is 15.9. The lowest BCUT2D eigenvalue weighted by atomic mass is 10.0. The van der Waals surface area contributed by atoms with Gasteiger partial charge in [-0.1, -0.05) is 12.1 Å². The number of anilines is 2. The molecule has 1 aliphatic heterocycles. The number of methoxy groups -OCH3 is 1. The zero-order valence-electron chi connectivity index (χ0n) is 18.1. The first kappa shape index (κ1) is 21.4. The maximum atomic E-state index is 13.0. The molecule has 4 rings (SSSR count). The summed E-state index contributed by atoms with van der Waals surface area (Å²) in [5, 5.41) is 2.80. The number of para-hydroxylation sites is 1. The van der Waals surface area contributed by atoms with Gasteiger partial charge in [0.15, 0.2) is 17.8 Å². The molecule has 0 aliphatic carbocycles. The SMILES string of the molecule is COc1ccccc1-c1ocnc1C(=O)Nc1ccc(N2CCCCC2C)c(C(N)=O)c1. The third kappa shape index (κ3) is 4.16. The van der Waals surface area contributed by atoms with Crippen LogP contribution in [0.3, 0.4) is 0 Å². The molecular formula is C24H26N4O4. The second-order valence-electron chi connectivity index (χ2n) is 7.82. The molecule has 2 amide bonds. The number of amides is 2. The zero-order valence-corrected chi connectivity index (χ0v) is 18.1. The number of nitrogens with zero attached hydrogens (tertiary/aromatic N) is 2. The second-order valence-corrected chi connectivity index (χ2v) is 7.82. The van der Waals surface area contributed by atoms with Gasteiger partial charge in [0.05, 0.1) is 18.2 Å². The number of hydrogen-bond donors (Lipinski definition) is 2. The number of nitrogens with one attached hydrogen (secondary N) is 1. The lowest BCUT2D eigenvalue weighted by Crippen LogP contribution is -2.38. The van der Waals surface area contributed by atoms with Crippen LogP contribution in [0, 0.1) is 0 Å². The fourth-order valence-corrected chi connectivity index (χ4v) is 4.14. The van der Waals surface area contributed by atoms with Crippen molar-refractivity contribution in [1.29, 1.82) is 0 Å². The van der Waals surface area contributed by atoms with Crippen LogP contribution >= 0.6 is 0 Å². The van der Waals surface area contributed by atoms with Crippen LogP contribution in [0.25, 0.3) is 11.3 Å². The molecule has 2 heterocycles. The minimum absolute atomic E-state index is 0.115. The number of benzene rings is 2. The van der Waals surface area contributed by atoms with Gasteiger partial charge in [-0.05, 0) is 56.5 Å². The monoisotopic (exact) mass is 434 g/mol. The number of primary amides is 1. The summed E-state index contributed by atoms with van der Waals surface area (Å²) in [7, 11) is 1.55. The van der Waals surface area contributed by atoms with Crippen molar-refractivity contribution in [2.45, 2.75) is 32.2 Å². The Morgan fingerprint density at radius 1 is 1.22 bits per heavy atom. The van der Waals surface area contributed by atoms with Crippen LogP contribution in [0.4, 0.5) is 11.4 Å². The maximum Gasteiger partial charge on any atom is 0.278 e. The number of ether oxygens (including phenoxy) is 1. The summed E-state index contributed by atoms with van der Waals surface area (Å²) in [5.41, 5.74) is 8.02. The summed E-state index contributed by atoms with van der Waals surface area (Å²) < 4.78 is 10.9. The van der Waals surface area contributed by atoms with Crippen LogP contribution in [-0.4, -0.2) is 36.5 Å². The first-order valence-electron chi connectivity index (χ1n) is 10.6. The number of nitrogens with two attached hydrogens (primary N) is 1. The molecule has 0 saturated carbocycles. The number of carbonyl (C=O) groups excluding carboxylic acids is 2. The first-order chi connectivity index (χ1) is 15.5. The number of carbonyl (C=O) groups is 2. The highest BCUT2D eigenvalue weighted by Gasteiger charge is 2.24. The zero-order chi connectivity index (χ0) is 22.7. The summed E-state index contributed by atoms with van der Waals surface area (Å²) in [6, 6.07) is 12.7. The molecule has 2 aromatic carbocycles. The minimum atomic E-state index is -0.537. The van der Waals surface area contributed by atoms with Crippen molar-refractivity contribution in [2.75, 3.05) is 23.9 Å². The van der Waals surface area contributed by atoms with Crippen LogP contribution in [-0.2, 0) is 0 Å². The van der Waals surface area contributed by atoms with Crippen molar-refractivity contribution >= 4 is 23.2 Å². The average molecular weight is 434 g/mol. The molecule has 8 heteroatoms. The van der Waals surface area contributed by atoms with Crippen LogP contribution < -0.4 is 20.7 Å². The molecule has 1 aliphatic rings. The Morgan fingerprint density at radius 2 is 2.03 bits per heavy atom. The smallest absolute Gasteiger partial charge is 0.278 e. The fourth-order valence-electron chi connectivity index (χ4n) is 4.14. The maximum absolute atomic E-state index is 13.0. The molecule has 1 saturated heterocycles. The van der Waals surface area contributed by atoms with Gasteiger partial charge in [-0.25, -0.2) is 4.98 Å². The highest BCUT2D eigenvalue weighted by atomic mass is 16.5. The third-order valence-electron chi connectivity index (χ3n) is 5.77. The highest BCUT2D eigenvalue weighted by molar-refractivity contribution is 6.08. The van der Waals surface area contributed by atoms with E-state index in [1.54, 1.807) is 31.4 Å². The lowest BCUT2D eigenvalue weighted by molar-refractivity contribution is 0.0995. The number of piperidine rings is 1. The molecule has 0 bridgehead atoms. The molecule has 1 fully saturated rings. The predicted octanol–water partition coefficient (Wildman–Crippen LogP) is 4.08. The van der Waals surface area contributed by atoms with Gasteiger partial charge < -0.3 is 25.1 Å². The number of oxazole rings is 1. The van der Waals surface area contributed by atoms with Crippen molar-refractivity contribution < 1.29 is 18.7 Å². The number of aromatic nitrogens is 1. The van der Waals surface area contributed by atoms with E-state index in [9.17, 15) is 9.59 Å². The van der Waals surface area contributed by atoms with E-state index < -0.39 is 11.8 Å². The van der Waals surface area contributed by atoms with Gasteiger partial charge in [-0.2, -0.15) is 0 Å². The molecule has 32 heavy (non-hydrogen) atoms. The third-order valence-corrected chi connectivity index (χ3v) is 5.77. The predicted molar refractivity (Wildman–Crippen MR) is 122 cm³/mol. The van der Waals surface area contributed by atoms with Gasteiger partial charge in [-0.3, -0.25) is 9.59 Å². The van der Waals surface area contributed by atoms with E-state index in [0.29, 0.717) is 34.4 Å². The van der Waals surface area contributed by atoms with Crippen LogP contribution in [0.1, 0.15) is 47.0 Å². The first-order valence-corrected chi connectivity index (χ1v) is 10.6. The molecule has 166 valence electrons. The van der Waals surface area contributed by atoms with E-state index in [1.165, 1.54) is 12.8 Å². The standard InChI is InChI=1S/C24H26N4O4/c1-15-7-5-6-12-28(15)19-11-10-16(13-18(19)23(25)29)27-24(30)21-22(32-14-26-21)17-8-3-4-9-20(17)31-2/h3-4,8-11,13-15H,5-7,12H2,1-2H3,(H2,25,29)(H,27,30). The molecular weight excluding hydrogens is 408 g/mol. The lowest BCUT2D eigenvalue weighted by Gasteiger charge is -2.36. The van der Waals surface area contributed by atoms with Crippen LogP contribution in [0.15, 0.2) is 53.3 Å². The molecule has 8 nitrogen and oxygen atoms in total. The quantitative estimate of drug-likeness (QED) is 0.605. The van der Waals surface area contributed by atoms with Crippen molar-refractivity contribution in [3.63, 3.8) is 0 Å². The van der Waals surface area contributed by atoms with Crippen molar-refractivity contribution in [3.05, 3.63) is 60.1 Å². The van der Waals surface area contributed by atoms with Gasteiger partial charge in [0.2, 0.25) is 0 Å². The van der Waals surface area contributed by atoms with Crippen LogP contribution in [0.2, 0.25) is 0 Å². The van der Waals surface area contributed by atoms with E-state index in [2.05, 4.69) is 22.1 Å². The highest BCUT2D eigenvalue weighted by Crippen LogP contribution is 2.33. The molecule has 0 radical (unpaired) electrons. The van der Waals surface area contributed by atoms with Crippen molar-refractivity contribution in [1.82, 2.24) is 4.98 Å². The topological polar surface area (TPSA) is 111 Å². The summed E-state index contributed by atoms with van der Waals surface area (Å²) in [4.78, 5) is 31.5. The Kier molecular flexibility index (Phi) is 6.11. The van der Waals surface area contributed by atoms with E-state index >= 15 is 0 Å². The summed E-state index contributed by atoms with van der Waals surface area (Å²) in [6.45, 7) is 3.01. The molecule has 1 aromatic heterocycles. The summed E-state index contributed by atoms with van der Waals surface area (Å²) in [6.07, 6.45) is 4.52. The molecule has 0 spiro atoms.